The highest BCUT2D eigenvalue weighted by atomic mass is 19.4. The lowest BCUT2D eigenvalue weighted by molar-refractivity contribution is -0.634. The molecule has 4 aliphatic rings. The normalized spacial score (nSPS) is 46.8. The van der Waals surface area contributed by atoms with Gasteiger partial charge in [0.25, 0.3) is 0 Å². The maximum absolute atomic E-state index is 15.0. The van der Waals surface area contributed by atoms with E-state index in [0.717, 1.165) is 0 Å². The van der Waals surface area contributed by atoms with E-state index in [-0.39, 0.29) is 0 Å². The molecule has 206 valence electrons. The number of hydrogen-bond donors (Lipinski definition) is 0. The SMILES string of the molecule is FN(F)C(F)(F)C(F)(F)OC1(F)C2(F)C(F)(F)C3(F)C(F)(F)C(F)(C2(F)F)C(F)(F)C1(F)C3(F)F. The minimum atomic E-state index is -8.58. The molecule has 0 amide bonds. The minimum absolute atomic E-state index is 1.42. The Bertz CT molecular complexity index is 868. The lowest BCUT2D eigenvalue weighted by Gasteiger charge is -2.74. The molecule has 0 aromatic heterocycles. The van der Waals surface area contributed by atoms with Gasteiger partial charge in [0.05, 0.1) is 0 Å². The van der Waals surface area contributed by atoms with Crippen LogP contribution in [0, 0.1) is 0 Å². The maximum Gasteiger partial charge on any atom is 0.447 e. The molecule has 0 heterocycles. The minimum Gasteiger partial charge on any atom is -0.269 e. The molecule has 4 fully saturated rings. The molecule has 4 saturated carbocycles. The van der Waals surface area contributed by atoms with Crippen molar-refractivity contribution in [3.05, 3.63) is 0 Å². The standard InChI is InChI=1S/C12F21NO/c13-1-5(17,18)2(14)8(23,24)3(15,6(1,19)20)10(27,4(16,7(1,21)22)9(2,25)26)35-12(30,31)11(28,29)34(32)33. The fourth-order valence-corrected chi connectivity index (χ4v) is 4.29. The molecule has 23 heteroatoms. The van der Waals surface area contributed by atoms with Crippen LogP contribution in [0.15, 0.2) is 0 Å². The highest BCUT2D eigenvalue weighted by Crippen LogP contribution is 2.89. The van der Waals surface area contributed by atoms with Crippen molar-refractivity contribution in [3.8, 4) is 0 Å². The van der Waals surface area contributed by atoms with Crippen molar-refractivity contribution < 1.29 is 97.1 Å². The van der Waals surface area contributed by atoms with Gasteiger partial charge in [0.15, 0.2) is 0 Å². The first-order valence-corrected chi connectivity index (χ1v) is 7.81. The number of alkyl halides is 19. The molecule has 0 aromatic carbocycles. The largest absolute Gasteiger partial charge is 0.447 e. The van der Waals surface area contributed by atoms with Crippen LogP contribution in [-0.4, -0.2) is 75.6 Å². The average molecular weight is 573 g/mol. The average Bonchev–Trinajstić information content (AvgIpc) is 2.66. The van der Waals surface area contributed by atoms with Crippen LogP contribution in [0.25, 0.3) is 0 Å². The van der Waals surface area contributed by atoms with E-state index in [1.807, 2.05) is 0 Å². The van der Waals surface area contributed by atoms with Gasteiger partial charge in [-0.25, -0.2) is 22.0 Å². The number of halogens is 21. The molecule has 0 unspecified atom stereocenters. The first-order valence-electron chi connectivity index (χ1n) is 7.81. The number of ether oxygens (including phenoxy) is 1. The number of hydrogen-bond acceptors (Lipinski definition) is 2. The van der Waals surface area contributed by atoms with Crippen molar-refractivity contribution in [1.82, 2.24) is 5.34 Å². The zero-order valence-corrected chi connectivity index (χ0v) is 14.8. The topological polar surface area (TPSA) is 12.5 Å². The predicted molar refractivity (Wildman–Crippen MR) is 59.0 cm³/mol. The summed E-state index contributed by atoms with van der Waals surface area (Å²) in [5.41, 5.74) is -33.7. The highest BCUT2D eigenvalue weighted by Gasteiger charge is 3.23. The Morgan fingerprint density at radius 2 is 0.657 bits per heavy atom. The summed E-state index contributed by atoms with van der Waals surface area (Å²) in [5, 5.41) is -4.17. The summed E-state index contributed by atoms with van der Waals surface area (Å²) >= 11 is 0. The van der Waals surface area contributed by atoms with Crippen LogP contribution in [0.1, 0.15) is 0 Å². The summed E-state index contributed by atoms with van der Waals surface area (Å²) in [7, 11) is 0. The third-order valence-electron chi connectivity index (χ3n) is 6.04. The first kappa shape index (κ1) is 28.0. The van der Waals surface area contributed by atoms with Gasteiger partial charge in [0.1, 0.15) is 5.34 Å². The molecule has 0 spiro atoms. The maximum atomic E-state index is 15.0. The van der Waals surface area contributed by atoms with E-state index in [1.165, 1.54) is 4.74 Å². The first-order chi connectivity index (χ1) is 14.9. The molecule has 4 aliphatic carbocycles. The fraction of sp³-hybridized carbons (Fsp3) is 1.00. The van der Waals surface area contributed by atoms with Crippen molar-refractivity contribution >= 4 is 0 Å². The van der Waals surface area contributed by atoms with Crippen LogP contribution in [-0.2, 0) is 4.74 Å². The quantitative estimate of drug-likeness (QED) is 0.234. The summed E-state index contributed by atoms with van der Waals surface area (Å²) in [6, 6.07) is -7.69. The molecule has 35 heavy (non-hydrogen) atoms. The molecule has 0 radical (unpaired) electrons. The van der Waals surface area contributed by atoms with Gasteiger partial charge < -0.3 is 0 Å². The number of nitrogens with zero attached hydrogens (tertiary/aromatic N) is 1. The lowest BCUT2D eigenvalue weighted by atomic mass is 9.40. The van der Waals surface area contributed by atoms with Crippen molar-refractivity contribution in [3.63, 3.8) is 0 Å². The predicted octanol–water partition coefficient (Wildman–Crippen LogP) is 5.98. The van der Waals surface area contributed by atoms with E-state index >= 15 is 0 Å². The smallest absolute Gasteiger partial charge is 0.269 e. The van der Waals surface area contributed by atoms with Gasteiger partial charge in [0, 0.05) is 0 Å². The molecule has 4 rings (SSSR count). The Balaban J connectivity index is 2.59. The molecule has 0 N–H and O–H groups in total. The monoisotopic (exact) mass is 573 g/mol. The molecule has 0 atom stereocenters. The van der Waals surface area contributed by atoms with Crippen LogP contribution < -0.4 is 0 Å². The van der Waals surface area contributed by atoms with E-state index in [1.54, 1.807) is 0 Å². The Hall–Kier alpha value is -1.55. The van der Waals surface area contributed by atoms with E-state index in [0.29, 0.717) is 0 Å². The van der Waals surface area contributed by atoms with Crippen LogP contribution in [0.2, 0.25) is 0 Å². The second-order valence-corrected chi connectivity index (χ2v) is 7.49. The lowest BCUT2D eigenvalue weighted by Crippen LogP contribution is -3.09. The van der Waals surface area contributed by atoms with E-state index in [4.69, 9.17) is 0 Å². The summed E-state index contributed by atoms with van der Waals surface area (Å²) in [5.74, 6) is -50.9. The molecule has 4 bridgehead atoms. The summed E-state index contributed by atoms with van der Waals surface area (Å²) < 4.78 is 293. The van der Waals surface area contributed by atoms with Crippen LogP contribution >= 0.6 is 0 Å². The second kappa shape index (κ2) is 5.79. The van der Waals surface area contributed by atoms with Crippen molar-refractivity contribution in [2.45, 2.75) is 70.3 Å². The molecule has 0 aromatic rings. The van der Waals surface area contributed by atoms with Crippen molar-refractivity contribution in [2.75, 3.05) is 0 Å². The third-order valence-corrected chi connectivity index (χ3v) is 6.04. The van der Waals surface area contributed by atoms with Gasteiger partial charge in [-0.3, -0.25) is 4.74 Å². The second-order valence-electron chi connectivity index (χ2n) is 7.49. The number of rotatable bonds is 4. The van der Waals surface area contributed by atoms with E-state index < -0.39 is 75.6 Å². The van der Waals surface area contributed by atoms with Crippen molar-refractivity contribution in [1.29, 1.82) is 0 Å². The van der Waals surface area contributed by atoms with Crippen LogP contribution in [0.5, 0.6) is 0 Å². The Labute approximate surface area is 174 Å². The van der Waals surface area contributed by atoms with Crippen LogP contribution in [0.3, 0.4) is 0 Å². The van der Waals surface area contributed by atoms with Gasteiger partial charge in [-0.05, 0) is 0 Å². The summed E-state index contributed by atoms with van der Waals surface area (Å²) in [4.78, 5) is 0. The fourth-order valence-electron chi connectivity index (χ4n) is 4.29. The van der Waals surface area contributed by atoms with Crippen LogP contribution in [0.4, 0.5) is 92.4 Å². The van der Waals surface area contributed by atoms with E-state index in [2.05, 4.69) is 0 Å². The van der Waals surface area contributed by atoms with E-state index in [9.17, 15) is 92.4 Å². The van der Waals surface area contributed by atoms with Gasteiger partial charge in [-0.1, -0.05) is 8.96 Å². The van der Waals surface area contributed by atoms with Gasteiger partial charge in [-0.15, -0.1) is 0 Å². The van der Waals surface area contributed by atoms with Gasteiger partial charge >= 0.3 is 70.3 Å². The highest BCUT2D eigenvalue weighted by molar-refractivity contribution is 5.54. The molecule has 0 aliphatic heterocycles. The molecular formula is C12F21NO. The molecular weight excluding hydrogens is 573 g/mol. The molecule has 0 saturated heterocycles. The Morgan fingerprint density at radius 3 is 0.886 bits per heavy atom. The Morgan fingerprint density at radius 1 is 0.429 bits per heavy atom. The third kappa shape index (κ3) is 1.85. The molecule has 2 nitrogen and oxygen atoms in total. The summed E-state index contributed by atoms with van der Waals surface area (Å²) in [6.07, 6.45) is -8.06. The van der Waals surface area contributed by atoms with Gasteiger partial charge in [-0.2, -0.15) is 61.5 Å². The van der Waals surface area contributed by atoms with Crippen molar-refractivity contribution in [2.24, 2.45) is 0 Å². The Kier molecular flexibility index (Phi) is 4.64. The zero-order chi connectivity index (χ0) is 28.3. The zero-order valence-electron chi connectivity index (χ0n) is 14.8. The van der Waals surface area contributed by atoms with Gasteiger partial charge in [0.2, 0.25) is 0 Å². The summed E-state index contributed by atoms with van der Waals surface area (Å²) in [6.45, 7) is 0.